The smallest absolute Gasteiger partial charge is 0.273 e. The van der Waals surface area contributed by atoms with Crippen LogP contribution in [0.15, 0.2) is 4.79 Å². The van der Waals surface area contributed by atoms with Crippen molar-refractivity contribution in [2.75, 3.05) is 6.54 Å². The fourth-order valence-electron chi connectivity index (χ4n) is 3.25. The maximum Gasteiger partial charge on any atom is 0.273 e. The molecule has 7 nitrogen and oxygen atoms in total. The number of fused-ring (bicyclic) bond motifs is 1. The first kappa shape index (κ1) is 19.2. The van der Waals surface area contributed by atoms with Crippen LogP contribution in [-0.2, 0) is 18.3 Å². The number of carbonyl (C=O) groups is 1. The van der Waals surface area contributed by atoms with Crippen molar-refractivity contribution in [3.63, 3.8) is 0 Å². The van der Waals surface area contributed by atoms with Gasteiger partial charge in [0, 0.05) is 31.7 Å². The van der Waals surface area contributed by atoms with E-state index in [2.05, 4.69) is 22.3 Å². The number of aryl methyl sites for hydroxylation is 3. The molecule has 7 heteroatoms. The number of carbonyl (C=O) groups excluding carboxylic acids is 1. The van der Waals surface area contributed by atoms with Crippen LogP contribution in [0.4, 0.5) is 0 Å². The summed E-state index contributed by atoms with van der Waals surface area (Å²) in [6, 6.07) is 0.0345. The van der Waals surface area contributed by atoms with Crippen molar-refractivity contribution >= 4 is 16.9 Å². The van der Waals surface area contributed by atoms with Crippen LogP contribution >= 0.6 is 0 Å². The SMILES string of the molecule is CCCCC(CN)NC(=O)CCc1c(C)nc2c(c1C)c(=O)[nH]n2C. The Balaban J connectivity index is 2.11. The fourth-order valence-corrected chi connectivity index (χ4v) is 3.25. The van der Waals surface area contributed by atoms with Crippen molar-refractivity contribution in [1.29, 1.82) is 0 Å². The van der Waals surface area contributed by atoms with Crippen LogP contribution in [0.25, 0.3) is 11.0 Å². The summed E-state index contributed by atoms with van der Waals surface area (Å²) >= 11 is 0. The van der Waals surface area contributed by atoms with Crippen molar-refractivity contribution in [3.05, 3.63) is 27.2 Å². The summed E-state index contributed by atoms with van der Waals surface area (Å²) < 4.78 is 1.63. The minimum absolute atomic E-state index is 0.00702. The summed E-state index contributed by atoms with van der Waals surface area (Å²) in [7, 11) is 1.77. The average molecular weight is 347 g/mol. The number of pyridine rings is 1. The maximum absolute atomic E-state index is 12.2. The number of aromatic amines is 1. The van der Waals surface area contributed by atoms with Gasteiger partial charge in [-0.05, 0) is 37.8 Å². The van der Waals surface area contributed by atoms with Crippen LogP contribution in [-0.4, -0.2) is 33.3 Å². The number of H-pyrrole nitrogens is 1. The summed E-state index contributed by atoms with van der Waals surface area (Å²) in [5.41, 5.74) is 8.97. The lowest BCUT2D eigenvalue weighted by Gasteiger charge is -2.17. The molecule has 4 N–H and O–H groups in total. The van der Waals surface area contributed by atoms with E-state index >= 15 is 0 Å². The standard InChI is InChI=1S/C18H29N5O2/c1-5-6-7-13(10-19)21-15(24)9-8-14-11(2)16-17(20-12(14)3)23(4)22-18(16)25/h13H,5-10,19H2,1-4H3,(H,21,24)(H,22,25). The zero-order valence-corrected chi connectivity index (χ0v) is 15.6. The molecule has 2 heterocycles. The highest BCUT2D eigenvalue weighted by Gasteiger charge is 2.17. The van der Waals surface area contributed by atoms with Gasteiger partial charge in [0.25, 0.3) is 5.56 Å². The van der Waals surface area contributed by atoms with Crippen LogP contribution in [0.3, 0.4) is 0 Å². The van der Waals surface area contributed by atoms with Gasteiger partial charge in [-0.1, -0.05) is 19.8 Å². The van der Waals surface area contributed by atoms with E-state index in [1.807, 2.05) is 13.8 Å². The molecule has 0 radical (unpaired) electrons. The Bertz CT molecular complexity index is 806. The Morgan fingerprint density at radius 3 is 2.76 bits per heavy atom. The Kier molecular flexibility index (Phi) is 6.36. The number of unbranched alkanes of at least 4 members (excludes halogenated alkanes) is 1. The minimum Gasteiger partial charge on any atom is -0.352 e. The van der Waals surface area contributed by atoms with Crippen molar-refractivity contribution in [1.82, 2.24) is 20.1 Å². The van der Waals surface area contributed by atoms with E-state index in [9.17, 15) is 9.59 Å². The van der Waals surface area contributed by atoms with Gasteiger partial charge >= 0.3 is 0 Å². The molecule has 1 atom stereocenters. The molecule has 0 aromatic carbocycles. The molecule has 0 spiro atoms. The molecule has 0 fully saturated rings. The van der Waals surface area contributed by atoms with Gasteiger partial charge in [0.15, 0.2) is 5.65 Å². The minimum atomic E-state index is -0.143. The molecule has 0 aliphatic rings. The van der Waals surface area contributed by atoms with Gasteiger partial charge in [0.2, 0.25) is 5.91 Å². The Hall–Kier alpha value is -2.15. The molecule has 1 unspecified atom stereocenters. The molecule has 2 aromatic heterocycles. The number of aromatic nitrogens is 3. The van der Waals surface area contributed by atoms with Gasteiger partial charge < -0.3 is 11.1 Å². The van der Waals surface area contributed by atoms with E-state index in [1.165, 1.54) is 0 Å². The molecule has 2 aromatic rings. The normalized spacial score (nSPS) is 12.5. The van der Waals surface area contributed by atoms with Crippen molar-refractivity contribution in [2.24, 2.45) is 12.8 Å². The Morgan fingerprint density at radius 2 is 2.12 bits per heavy atom. The summed E-state index contributed by atoms with van der Waals surface area (Å²) in [5, 5.41) is 6.34. The van der Waals surface area contributed by atoms with Gasteiger partial charge in [-0.2, -0.15) is 0 Å². The molecule has 0 aliphatic heterocycles. The lowest BCUT2D eigenvalue weighted by Crippen LogP contribution is -2.40. The van der Waals surface area contributed by atoms with Gasteiger partial charge in [-0.3, -0.25) is 19.4 Å². The third-order valence-corrected chi connectivity index (χ3v) is 4.73. The summed E-state index contributed by atoms with van der Waals surface area (Å²) in [4.78, 5) is 28.9. The third-order valence-electron chi connectivity index (χ3n) is 4.73. The maximum atomic E-state index is 12.2. The second-order valence-electron chi connectivity index (χ2n) is 6.64. The van der Waals surface area contributed by atoms with Crippen LogP contribution in [0.5, 0.6) is 0 Å². The number of amides is 1. The fraction of sp³-hybridized carbons (Fsp3) is 0.611. The second-order valence-corrected chi connectivity index (χ2v) is 6.64. The van der Waals surface area contributed by atoms with Crippen LogP contribution in [0.1, 0.15) is 49.4 Å². The molecule has 25 heavy (non-hydrogen) atoms. The molecule has 0 saturated heterocycles. The van der Waals surface area contributed by atoms with E-state index in [0.717, 1.165) is 36.1 Å². The van der Waals surface area contributed by atoms with Gasteiger partial charge in [0.1, 0.15) is 0 Å². The van der Waals surface area contributed by atoms with Crippen molar-refractivity contribution in [3.8, 4) is 0 Å². The van der Waals surface area contributed by atoms with Gasteiger partial charge in [0.05, 0.1) is 5.39 Å². The molecule has 138 valence electrons. The largest absolute Gasteiger partial charge is 0.352 e. The summed E-state index contributed by atoms with van der Waals surface area (Å²) in [6.45, 7) is 6.41. The van der Waals surface area contributed by atoms with Crippen LogP contribution < -0.4 is 16.6 Å². The lowest BCUT2D eigenvalue weighted by molar-refractivity contribution is -0.121. The molecular weight excluding hydrogens is 318 g/mol. The molecular formula is C18H29N5O2. The quantitative estimate of drug-likeness (QED) is 0.672. The van der Waals surface area contributed by atoms with E-state index in [4.69, 9.17) is 5.73 Å². The first-order valence-electron chi connectivity index (χ1n) is 8.93. The average Bonchev–Trinajstić information content (AvgIpc) is 2.85. The second kappa shape index (κ2) is 8.29. The van der Waals surface area contributed by atoms with E-state index in [1.54, 1.807) is 11.7 Å². The van der Waals surface area contributed by atoms with Crippen LogP contribution in [0.2, 0.25) is 0 Å². The van der Waals surface area contributed by atoms with Crippen molar-refractivity contribution < 1.29 is 4.79 Å². The highest BCUT2D eigenvalue weighted by Crippen LogP contribution is 2.21. The highest BCUT2D eigenvalue weighted by atomic mass is 16.1. The molecule has 0 aliphatic carbocycles. The zero-order chi connectivity index (χ0) is 18.6. The van der Waals surface area contributed by atoms with E-state index in [-0.39, 0.29) is 17.5 Å². The first-order valence-corrected chi connectivity index (χ1v) is 8.93. The Morgan fingerprint density at radius 1 is 1.40 bits per heavy atom. The molecule has 0 bridgehead atoms. The number of hydrogen-bond donors (Lipinski definition) is 3. The first-order chi connectivity index (χ1) is 11.9. The number of hydrogen-bond acceptors (Lipinski definition) is 4. The summed E-state index contributed by atoms with van der Waals surface area (Å²) in [6.07, 6.45) is 3.97. The number of rotatable bonds is 8. The van der Waals surface area contributed by atoms with Gasteiger partial charge in [-0.25, -0.2) is 4.98 Å². The predicted octanol–water partition coefficient (Wildman–Crippen LogP) is 1.44. The monoisotopic (exact) mass is 347 g/mol. The van der Waals surface area contributed by atoms with E-state index in [0.29, 0.717) is 30.4 Å². The molecule has 2 rings (SSSR count). The highest BCUT2D eigenvalue weighted by molar-refractivity contribution is 5.81. The number of nitrogens with one attached hydrogen (secondary N) is 2. The predicted molar refractivity (Wildman–Crippen MR) is 99.6 cm³/mol. The molecule has 1 amide bonds. The summed E-state index contributed by atoms with van der Waals surface area (Å²) in [5.74, 6) is -0.00702. The van der Waals surface area contributed by atoms with Gasteiger partial charge in [-0.15, -0.1) is 0 Å². The number of nitrogens with zero attached hydrogens (tertiary/aromatic N) is 2. The Labute approximate surface area is 148 Å². The number of nitrogens with two attached hydrogens (primary N) is 1. The zero-order valence-electron chi connectivity index (χ0n) is 15.6. The third kappa shape index (κ3) is 4.28. The molecule has 0 saturated carbocycles. The topological polar surface area (TPSA) is 106 Å². The van der Waals surface area contributed by atoms with E-state index < -0.39 is 0 Å². The van der Waals surface area contributed by atoms with Crippen molar-refractivity contribution in [2.45, 2.75) is 58.9 Å². The lowest BCUT2D eigenvalue weighted by atomic mass is 10.00. The van der Waals surface area contributed by atoms with Crippen LogP contribution in [0, 0.1) is 13.8 Å².